The van der Waals surface area contributed by atoms with Crippen molar-refractivity contribution >= 4 is 0 Å². The van der Waals surface area contributed by atoms with Crippen LogP contribution < -0.4 is 0 Å². The van der Waals surface area contributed by atoms with Crippen molar-refractivity contribution in [2.45, 2.75) is 38.6 Å². The van der Waals surface area contributed by atoms with Gasteiger partial charge >= 0.3 is 0 Å². The van der Waals surface area contributed by atoms with E-state index in [0.29, 0.717) is 0 Å². The molecule has 0 atom stereocenters. The van der Waals surface area contributed by atoms with Crippen molar-refractivity contribution in [3.05, 3.63) is 0 Å². The van der Waals surface area contributed by atoms with E-state index in [4.69, 9.17) is 19.3 Å². The van der Waals surface area contributed by atoms with Gasteiger partial charge in [-0.1, -0.05) is 13.3 Å². The molecule has 3 rings (SSSR count). The standard InChI is InChI=1S/C11H20O4/c1-10-7-13-11(14-8-10,15-9-10)5-3-2-4-6-12/h12H,2-9H2,1H3. The fourth-order valence-corrected chi connectivity index (χ4v) is 1.95. The van der Waals surface area contributed by atoms with Crippen LogP contribution in [-0.2, 0) is 14.2 Å². The smallest absolute Gasteiger partial charge is 0.282 e. The van der Waals surface area contributed by atoms with Crippen molar-refractivity contribution in [2.75, 3.05) is 26.4 Å². The maximum absolute atomic E-state index is 8.67. The van der Waals surface area contributed by atoms with Crippen LogP contribution in [-0.4, -0.2) is 37.5 Å². The first-order chi connectivity index (χ1) is 7.18. The summed E-state index contributed by atoms with van der Waals surface area (Å²) in [5, 5.41) is 8.67. The van der Waals surface area contributed by atoms with Gasteiger partial charge in [0.2, 0.25) is 0 Å². The Balaban J connectivity index is 1.77. The van der Waals surface area contributed by atoms with E-state index >= 15 is 0 Å². The van der Waals surface area contributed by atoms with Crippen LogP contribution in [0.25, 0.3) is 0 Å². The summed E-state index contributed by atoms with van der Waals surface area (Å²) in [7, 11) is 0. The van der Waals surface area contributed by atoms with Crippen LogP contribution in [0, 0.1) is 5.41 Å². The molecule has 0 spiro atoms. The highest BCUT2D eigenvalue weighted by molar-refractivity contribution is 4.84. The number of ether oxygens (including phenoxy) is 3. The van der Waals surface area contributed by atoms with Crippen LogP contribution in [0.2, 0.25) is 0 Å². The number of aliphatic hydroxyl groups is 1. The first kappa shape index (κ1) is 11.3. The molecule has 3 fully saturated rings. The molecule has 2 bridgehead atoms. The van der Waals surface area contributed by atoms with Gasteiger partial charge in [0.15, 0.2) is 0 Å². The van der Waals surface area contributed by atoms with Crippen molar-refractivity contribution in [1.29, 1.82) is 0 Å². The Hall–Kier alpha value is -0.160. The molecule has 0 aromatic rings. The molecule has 88 valence electrons. The summed E-state index contributed by atoms with van der Waals surface area (Å²) < 4.78 is 16.9. The van der Waals surface area contributed by atoms with Gasteiger partial charge in [-0.2, -0.15) is 0 Å². The summed E-state index contributed by atoms with van der Waals surface area (Å²) in [6.07, 6.45) is 3.57. The molecule has 0 amide bonds. The highest BCUT2D eigenvalue weighted by atomic mass is 16.9. The third-order valence-corrected chi connectivity index (χ3v) is 3.06. The van der Waals surface area contributed by atoms with E-state index in [1.807, 2.05) is 0 Å². The van der Waals surface area contributed by atoms with Crippen LogP contribution in [0.4, 0.5) is 0 Å². The van der Waals surface area contributed by atoms with Gasteiger partial charge in [0.1, 0.15) is 0 Å². The van der Waals surface area contributed by atoms with Crippen LogP contribution in [0.5, 0.6) is 0 Å². The number of unbranched alkanes of at least 4 members (excludes halogenated alkanes) is 2. The maximum atomic E-state index is 8.67. The van der Waals surface area contributed by atoms with Gasteiger partial charge in [0, 0.05) is 18.4 Å². The molecule has 3 aliphatic heterocycles. The number of hydrogen-bond acceptors (Lipinski definition) is 4. The molecule has 0 aromatic carbocycles. The Kier molecular flexibility index (Phi) is 3.30. The highest BCUT2D eigenvalue weighted by Gasteiger charge is 2.49. The van der Waals surface area contributed by atoms with E-state index in [2.05, 4.69) is 6.92 Å². The van der Waals surface area contributed by atoms with Gasteiger partial charge in [-0.15, -0.1) is 0 Å². The molecular weight excluding hydrogens is 196 g/mol. The summed E-state index contributed by atoms with van der Waals surface area (Å²) in [4.78, 5) is 0. The molecule has 0 unspecified atom stereocenters. The van der Waals surface area contributed by atoms with Gasteiger partial charge in [0.25, 0.3) is 5.97 Å². The molecule has 0 saturated carbocycles. The number of rotatable bonds is 5. The van der Waals surface area contributed by atoms with Gasteiger partial charge in [0.05, 0.1) is 19.8 Å². The third kappa shape index (κ3) is 2.50. The SMILES string of the molecule is CC12COC(CCCCCO)(OC1)OC2. The van der Waals surface area contributed by atoms with Crippen LogP contribution >= 0.6 is 0 Å². The summed E-state index contributed by atoms with van der Waals surface area (Å²) in [5.74, 6) is -0.771. The average molecular weight is 216 g/mol. The molecule has 0 aliphatic carbocycles. The number of aliphatic hydroxyl groups excluding tert-OH is 1. The number of hydrogen-bond donors (Lipinski definition) is 1. The van der Waals surface area contributed by atoms with E-state index < -0.39 is 5.97 Å². The predicted octanol–water partition coefficient (Wildman–Crippen LogP) is 1.28. The first-order valence-corrected chi connectivity index (χ1v) is 5.71. The van der Waals surface area contributed by atoms with Crippen molar-refractivity contribution < 1.29 is 19.3 Å². The Morgan fingerprint density at radius 3 is 2.13 bits per heavy atom. The molecule has 0 radical (unpaired) electrons. The minimum atomic E-state index is -0.771. The van der Waals surface area contributed by atoms with E-state index in [1.54, 1.807) is 0 Å². The topological polar surface area (TPSA) is 47.9 Å². The van der Waals surface area contributed by atoms with Crippen LogP contribution in [0.3, 0.4) is 0 Å². The summed E-state index contributed by atoms with van der Waals surface area (Å²) in [6, 6.07) is 0. The van der Waals surface area contributed by atoms with Gasteiger partial charge < -0.3 is 19.3 Å². The van der Waals surface area contributed by atoms with Gasteiger partial charge in [-0.25, -0.2) is 0 Å². The molecule has 3 heterocycles. The highest BCUT2D eigenvalue weighted by Crippen LogP contribution is 2.40. The maximum Gasteiger partial charge on any atom is 0.282 e. The number of fused-ring (bicyclic) bond motifs is 3. The van der Waals surface area contributed by atoms with Gasteiger partial charge in [-0.05, 0) is 12.8 Å². The molecule has 1 N–H and O–H groups in total. The van der Waals surface area contributed by atoms with E-state index in [-0.39, 0.29) is 12.0 Å². The van der Waals surface area contributed by atoms with Crippen molar-refractivity contribution in [1.82, 2.24) is 0 Å². The Morgan fingerprint density at radius 1 is 1.00 bits per heavy atom. The summed E-state index contributed by atoms with van der Waals surface area (Å²) in [5.41, 5.74) is 0.0485. The van der Waals surface area contributed by atoms with Gasteiger partial charge in [-0.3, -0.25) is 0 Å². The first-order valence-electron chi connectivity index (χ1n) is 5.71. The molecule has 4 nitrogen and oxygen atoms in total. The van der Waals surface area contributed by atoms with E-state index in [9.17, 15) is 0 Å². The predicted molar refractivity (Wildman–Crippen MR) is 54.2 cm³/mol. The monoisotopic (exact) mass is 216 g/mol. The van der Waals surface area contributed by atoms with E-state index in [1.165, 1.54) is 0 Å². The second-order valence-electron chi connectivity index (χ2n) is 4.89. The average Bonchev–Trinajstić information content (AvgIpc) is 2.27. The molecule has 15 heavy (non-hydrogen) atoms. The largest absolute Gasteiger partial charge is 0.396 e. The lowest BCUT2D eigenvalue weighted by molar-refractivity contribution is -0.467. The molecule has 3 aliphatic rings. The van der Waals surface area contributed by atoms with Crippen molar-refractivity contribution in [3.8, 4) is 0 Å². The second kappa shape index (κ2) is 4.37. The zero-order valence-electron chi connectivity index (χ0n) is 9.33. The molecular formula is C11H20O4. The van der Waals surface area contributed by atoms with Crippen molar-refractivity contribution in [2.24, 2.45) is 5.41 Å². The fraction of sp³-hybridized carbons (Fsp3) is 1.00. The lowest BCUT2D eigenvalue weighted by Gasteiger charge is -2.50. The fourth-order valence-electron chi connectivity index (χ4n) is 1.95. The minimum Gasteiger partial charge on any atom is -0.396 e. The van der Waals surface area contributed by atoms with Crippen LogP contribution in [0.1, 0.15) is 32.6 Å². The quantitative estimate of drug-likeness (QED) is 0.703. The Labute approximate surface area is 90.5 Å². The Morgan fingerprint density at radius 2 is 1.60 bits per heavy atom. The summed E-state index contributed by atoms with van der Waals surface area (Å²) in [6.45, 7) is 4.56. The Bertz CT molecular complexity index is 192. The van der Waals surface area contributed by atoms with Crippen molar-refractivity contribution in [3.63, 3.8) is 0 Å². The molecule has 3 saturated heterocycles. The molecule has 4 heteroatoms. The second-order valence-corrected chi connectivity index (χ2v) is 4.89. The summed E-state index contributed by atoms with van der Waals surface area (Å²) >= 11 is 0. The normalized spacial score (nSPS) is 39.6. The zero-order chi connectivity index (χ0) is 10.8. The minimum absolute atomic E-state index is 0.0485. The zero-order valence-corrected chi connectivity index (χ0v) is 9.33. The lowest BCUT2D eigenvalue weighted by atomic mass is 9.91. The van der Waals surface area contributed by atoms with Crippen LogP contribution in [0.15, 0.2) is 0 Å². The molecule has 0 aromatic heterocycles. The third-order valence-electron chi connectivity index (χ3n) is 3.06. The lowest BCUT2D eigenvalue weighted by Crippen LogP contribution is -2.58. The van der Waals surface area contributed by atoms with E-state index in [0.717, 1.165) is 45.5 Å².